The molecule has 2 aromatic rings. The first-order chi connectivity index (χ1) is 12.7. The molecule has 7 nitrogen and oxygen atoms in total. The number of hydrogen-bond donors (Lipinski definition) is 1. The molecule has 0 aliphatic carbocycles. The Hall–Kier alpha value is -2.97. The molecule has 0 aliphatic rings. The van der Waals surface area contributed by atoms with E-state index in [-0.39, 0.29) is 30.3 Å². The zero-order valence-corrected chi connectivity index (χ0v) is 15.5. The van der Waals surface area contributed by atoms with Crippen molar-refractivity contribution in [3.05, 3.63) is 51.2 Å². The third-order valence-corrected chi connectivity index (χ3v) is 3.83. The number of rotatable bonds is 7. The van der Waals surface area contributed by atoms with Gasteiger partial charge in [-0.05, 0) is 38.5 Å². The molecule has 0 fully saturated rings. The van der Waals surface area contributed by atoms with Crippen molar-refractivity contribution >= 4 is 5.91 Å². The van der Waals surface area contributed by atoms with Gasteiger partial charge in [-0.3, -0.25) is 9.59 Å². The Bertz CT molecular complexity index is 883. The van der Waals surface area contributed by atoms with Gasteiger partial charge in [0.05, 0.1) is 12.3 Å². The molecule has 1 aromatic carbocycles. The molecule has 0 spiro atoms. The number of aromatic nitrogens is 2. The maximum atomic E-state index is 12.5. The molecule has 0 aliphatic heterocycles. The largest absolute Gasteiger partial charge is 0.490 e. The van der Waals surface area contributed by atoms with Crippen LogP contribution in [0.3, 0.4) is 0 Å². The summed E-state index contributed by atoms with van der Waals surface area (Å²) >= 11 is 0. The molecule has 0 radical (unpaired) electrons. The first-order valence-corrected chi connectivity index (χ1v) is 8.26. The molecule has 27 heavy (non-hydrogen) atoms. The number of halogens is 2. The molecule has 9 heteroatoms. The molecule has 0 bridgehead atoms. The number of nitrogens with zero attached hydrogens (tertiary/aromatic N) is 2. The van der Waals surface area contributed by atoms with E-state index in [1.54, 1.807) is 26.8 Å². The molecule has 2 rings (SSSR count). The van der Waals surface area contributed by atoms with Gasteiger partial charge < -0.3 is 19.4 Å². The molecule has 146 valence electrons. The van der Waals surface area contributed by atoms with Gasteiger partial charge in [-0.15, -0.1) is 0 Å². The standard InChI is InChI=1S/C18H21F2N3O4/c1-5-26-14-8-12(6-7-13(14)27-18(19)20)9-23(4)17(25)15-16(24)22-11(3)10(2)21-15/h6-8,18H,5,9H2,1-4H3,(H,22,24). The lowest BCUT2D eigenvalue weighted by Gasteiger charge is -2.18. The highest BCUT2D eigenvalue weighted by Gasteiger charge is 2.19. The summed E-state index contributed by atoms with van der Waals surface area (Å²) < 4.78 is 34.7. The minimum absolute atomic E-state index is 0.0862. The predicted octanol–water partition coefficient (Wildman–Crippen LogP) is 2.66. The van der Waals surface area contributed by atoms with Crippen LogP contribution >= 0.6 is 0 Å². The summed E-state index contributed by atoms with van der Waals surface area (Å²) in [6.45, 7) is 2.52. The topological polar surface area (TPSA) is 84.5 Å². The number of hydrogen-bond acceptors (Lipinski definition) is 5. The van der Waals surface area contributed by atoms with Gasteiger partial charge in [0, 0.05) is 19.3 Å². The number of aryl methyl sites for hydroxylation is 2. The number of benzene rings is 1. The quantitative estimate of drug-likeness (QED) is 0.797. The number of carbonyl (C=O) groups excluding carboxylic acids is 1. The molecule has 1 aromatic heterocycles. The highest BCUT2D eigenvalue weighted by atomic mass is 19.3. The zero-order chi connectivity index (χ0) is 20.1. The maximum absolute atomic E-state index is 12.5. The van der Waals surface area contributed by atoms with Gasteiger partial charge >= 0.3 is 6.61 Å². The molecule has 1 N–H and O–H groups in total. The second-order valence-corrected chi connectivity index (χ2v) is 5.88. The number of alkyl halides is 2. The van der Waals surface area contributed by atoms with Gasteiger partial charge in [0.2, 0.25) is 0 Å². The van der Waals surface area contributed by atoms with Crippen molar-refractivity contribution in [3.63, 3.8) is 0 Å². The summed E-state index contributed by atoms with van der Waals surface area (Å²) in [6, 6.07) is 4.41. The molecule has 0 saturated heterocycles. The van der Waals surface area contributed by atoms with E-state index in [0.29, 0.717) is 17.0 Å². The van der Waals surface area contributed by atoms with Crippen LogP contribution in [0.2, 0.25) is 0 Å². The summed E-state index contributed by atoms with van der Waals surface area (Å²) in [6.07, 6.45) is 0. The molecule has 0 saturated carbocycles. The van der Waals surface area contributed by atoms with E-state index in [4.69, 9.17) is 4.74 Å². The van der Waals surface area contributed by atoms with Gasteiger partial charge in [0.1, 0.15) is 0 Å². The van der Waals surface area contributed by atoms with E-state index < -0.39 is 18.1 Å². The molecular weight excluding hydrogens is 360 g/mol. The molecule has 0 atom stereocenters. The van der Waals surface area contributed by atoms with Crippen LogP contribution in [0.5, 0.6) is 11.5 Å². The third-order valence-electron chi connectivity index (χ3n) is 3.83. The number of ether oxygens (including phenoxy) is 2. The molecule has 1 heterocycles. The van der Waals surface area contributed by atoms with Crippen LogP contribution in [-0.2, 0) is 6.54 Å². The van der Waals surface area contributed by atoms with Crippen molar-refractivity contribution in [2.75, 3.05) is 13.7 Å². The van der Waals surface area contributed by atoms with Crippen LogP contribution in [0, 0.1) is 13.8 Å². The minimum atomic E-state index is -2.97. The lowest BCUT2D eigenvalue weighted by Crippen LogP contribution is -2.33. The monoisotopic (exact) mass is 381 g/mol. The Labute approximate surface area is 154 Å². The molecule has 0 unspecified atom stereocenters. The van der Waals surface area contributed by atoms with Crippen molar-refractivity contribution in [1.29, 1.82) is 0 Å². The average Bonchev–Trinajstić information content (AvgIpc) is 2.59. The van der Waals surface area contributed by atoms with Crippen LogP contribution in [0.25, 0.3) is 0 Å². The normalized spacial score (nSPS) is 10.8. The fraction of sp³-hybridized carbons (Fsp3) is 0.389. The van der Waals surface area contributed by atoms with Gasteiger partial charge in [0.15, 0.2) is 17.2 Å². The molecular formula is C18H21F2N3O4. The first-order valence-electron chi connectivity index (χ1n) is 8.26. The predicted molar refractivity (Wildman–Crippen MR) is 94.4 cm³/mol. The van der Waals surface area contributed by atoms with Crippen LogP contribution in [0.1, 0.15) is 34.4 Å². The molecule has 1 amide bonds. The highest BCUT2D eigenvalue weighted by Crippen LogP contribution is 2.30. The van der Waals surface area contributed by atoms with Crippen molar-refractivity contribution < 1.29 is 23.0 Å². The minimum Gasteiger partial charge on any atom is -0.490 e. The van der Waals surface area contributed by atoms with Gasteiger partial charge in [-0.25, -0.2) is 4.98 Å². The maximum Gasteiger partial charge on any atom is 0.387 e. The number of H-pyrrole nitrogens is 1. The van der Waals surface area contributed by atoms with Crippen LogP contribution < -0.4 is 15.0 Å². The van der Waals surface area contributed by atoms with Gasteiger partial charge in [-0.1, -0.05) is 6.07 Å². The van der Waals surface area contributed by atoms with Crippen LogP contribution in [0.4, 0.5) is 8.78 Å². The lowest BCUT2D eigenvalue weighted by atomic mass is 10.2. The Kier molecular flexibility index (Phi) is 6.49. The van der Waals surface area contributed by atoms with Crippen molar-refractivity contribution in [3.8, 4) is 11.5 Å². The number of amides is 1. The van der Waals surface area contributed by atoms with Crippen molar-refractivity contribution in [2.24, 2.45) is 0 Å². The van der Waals surface area contributed by atoms with E-state index in [9.17, 15) is 18.4 Å². The number of carbonyl (C=O) groups is 1. The summed E-state index contributed by atoms with van der Waals surface area (Å²) in [5, 5.41) is 0. The van der Waals surface area contributed by atoms with Gasteiger partial charge in [-0.2, -0.15) is 8.78 Å². The van der Waals surface area contributed by atoms with E-state index in [2.05, 4.69) is 14.7 Å². The van der Waals surface area contributed by atoms with E-state index in [0.717, 1.165) is 0 Å². The van der Waals surface area contributed by atoms with E-state index >= 15 is 0 Å². The lowest BCUT2D eigenvalue weighted by molar-refractivity contribution is -0.0514. The first kappa shape index (κ1) is 20.3. The fourth-order valence-corrected chi connectivity index (χ4v) is 2.41. The summed E-state index contributed by atoms with van der Waals surface area (Å²) in [7, 11) is 1.52. The van der Waals surface area contributed by atoms with Crippen molar-refractivity contribution in [1.82, 2.24) is 14.9 Å². The second kappa shape index (κ2) is 8.61. The smallest absolute Gasteiger partial charge is 0.387 e. The third kappa shape index (κ3) is 5.02. The summed E-state index contributed by atoms with van der Waals surface area (Å²) in [4.78, 5) is 32.5. The zero-order valence-electron chi connectivity index (χ0n) is 15.5. The number of nitrogens with one attached hydrogen (secondary N) is 1. The summed E-state index contributed by atoms with van der Waals surface area (Å²) in [5.41, 5.74) is 0.999. The Morgan fingerprint density at radius 3 is 2.63 bits per heavy atom. The highest BCUT2D eigenvalue weighted by molar-refractivity contribution is 5.91. The Morgan fingerprint density at radius 1 is 1.30 bits per heavy atom. The summed E-state index contributed by atoms with van der Waals surface area (Å²) in [5.74, 6) is -0.486. The number of aromatic amines is 1. The average molecular weight is 381 g/mol. The van der Waals surface area contributed by atoms with Gasteiger partial charge in [0.25, 0.3) is 11.5 Å². The Morgan fingerprint density at radius 2 is 2.00 bits per heavy atom. The Balaban J connectivity index is 2.23. The second-order valence-electron chi connectivity index (χ2n) is 5.88. The van der Waals surface area contributed by atoms with Crippen molar-refractivity contribution in [2.45, 2.75) is 33.9 Å². The van der Waals surface area contributed by atoms with E-state index in [1.165, 1.54) is 24.1 Å². The van der Waals surface area contributed by atoms with Crippen LogP contribution in [-0.4, -0.2) is 41.0 Å². The van der Waals surface area contributed by atoms with E-state index in [1.807, 2.05) is 0 Å². The van der Waals surface area contributed by atoms with Crippen LogP contribution in [0.15, 0.2) is 23.0 Å². The fourth-order valence-electron chi connectivity index (χ4n) is 2.41. The SMILES string of the molecule is CCOc1cc(CN(C)C(=O)c2nc(C)c(C)[nH]c2=O)ccc1OC(F)F.